The summed E-state index contributed by atoms with van der Waals surface area (Å²) in [5.74, 6) is -0.0557. The topological polar surface area (TPSA) is 77.8 Å². The first-order chi connectivity index (χ1) is 10.7. The predicted octanol–water partition coefficient (Wildman–Crippen LogP) is 3.25. The summed E-state index contributed by atoms with van der Waals surface area (Å²) in [4.78, 5) is 12.1. The van der Waals surface area contributed by atoms with E-state index in [4.69, 9.17) is 16.9 Å². The van der Waals surface area contributed by atoms with Gasteiger partial charge in [0.15, 0.2) is 6.19 Å². The molecule has 0 unspecified atom stereocenters. The van der Waals surface area contributed by atoms with Crippen LogP contribution in [0, 0.1) is 17.4 Å². The third-order valence-corrected chi connectivity index (χ3v) is 4.59. The molecule has 1 heterocycles. The lowest BCUT2D eigenvalue weighted by Gasteiger charge is -2.32. The fourth-order valence-corrected chi connectivity index (χ4v) is 3.24. The lowest BCUT2D eigenvalue weighted by atomic mass is 9.80. The van der Waals surface area contributed by atoms with Gasteiger partial charge in [-0.25, -0.2) is 0 Å². The molecule has 22 heavy (non-hydrogen) atoms. The van der Waals surface area contributed by atoms with Crippen molar-refractivity contribution in [2.75, 3.05) is 5.32 Å². The van der Waals surface area contributed by atoms with Gasteiger partial charge in [0.1, 0.15) is 5.00 Å². The van der Waals surface area contributed by atoms with Gasteiger partial charge in [-0.05, 0) is 36.5 Å². The molecule has 1 aromatic carbocycles. The third kappa shape index (κ3) is 3.21. The number of halogens is 1. The van der Waals surface area contributed by atoms with Crippen molar-refractivity contribution in [3.8, 4) is 17.5 Å². The second-order valence-electron chi connectivity index (χ2n) is 5.20. The first-order valence-corrected chi connectivity index (χ1v) is 7.99. The van der Waals surface area contributed by atoms with Crippen LogP contribution in [0.3, 0.4) is 0 Å². The largest absolute Gasteiger partial charge is 0.321 e. The van der Waals surface area contributed by atoms with E-state index in [-0.39, 0.29) is 17.9 Å². The predicted molar refractivity (Wildman–Crippen MR) is 86.5 cm³/mol. The van der Waals surface area contributed by atoms with E-state index in [1.807, 2.05) is 36.5 Å². The van der Waals surface area contributed by atoms with Crippen molar-refractivity contribution in [2.45, 2.75) is 18.9 Å². The van der Waals surface area contributed by atoms with Crippen LogP contribution in [-0.4, -0.2) is 16.3 Å². The minimum atomic E-state index is -0.0393. The number of nitrogens with zero attached hydrogens (tertiary/aromatic N) is 2. The van der Waals surface area contributed by atoms with Crippen molar-refractivity contribution in [2.24, 2.45) is 5.92 Å². The van der Waals surface area contributed by atoms with E-state index in [9.17, 15) is 4.79 Å². The van der Waals surface area contributed by atoms with Crippen LogP contribution >= 0.6 is 23.1 Å². The zero-order valence-electron chi connectivity index (χ0n) is 11.5. The van der Waals surface area contributed by atoms with Crippen molar-refractivity contribution < 1.29 is 4.79 Å². The smallest absolute Gasteiger partial charge is 0.228 e. The van der Waals surface area contributed by atoms with Crippen molar-refractivity contribution >= 4 is 34.0 Å². The SMILES string of the molecule is N#CNC1CC(C(=O)Nc2cc(-c3cccc(Cl)c3)ns2)C1. The Kier molecular flexibility index (Phi) is 4.27. The number of aromatic nitrogens is 1. The Hall–Kier alpha value is -2.10. The van der Waals surface area contributed by atoms with Gasteiger partial charge in [-0.15, -0.1) is 0 Å². The highest BCUT2D eigenvalue weighted by Gasteiger charge is 2.34. The van der Waals surface area contributed by atoms with Crippen LogP contribution in [0.25, 0.3) is 11.3 Å². The van der Waals surface area contributed by atoms with E-state index in [1.165, 1.54) is 11.5 Å². The molecule has 0 atom stereocenters. The minimum absolute atomic E-state index is 0.0164. The average molecular weight is 333 g/mol. The van der Waals surface area contributed by atoms with Gasteiger partial charge in [-0.2, -0.15) is 9.64 Å². The second kappa shape index (κ2) is 6.34. The molecule has 7 heteroatoms. The molecule has 1 aliphatic rings. The first kappa shape index (κ1) is 14.8. The van der Waals surface area contributed by atoms with Crippen LogP contribution in [0.4, 0.5) is 5.00 Å². The maximum Gasteiger partial charge on any atom is 0.228 e. The normalized spacial score (nSPS) is 19.8. The standard InChI is InChI=1S/C15H13ClN4OS/c16-11-3-1-2-9(4-11)13-7-14(22-20-13)19-15(21)10-5-12(6-10)18-8-17/h1-4,7,10,12,18H,5-6H2,(H,19,21). The quantitative estimate of drug-likeness (QED) is 0.665. The summed E-state index contributed by atoms with van der Waals surface area (Å²) >= 11 is 7.22. The van der Waals surface area contributed by atoms with Crippen LogP contribution in [0.2, 0.25) is 5.02 Å². The highest BCUT2D eigenvalue weighted by atomic mass is 35.5. The molecule has 1 aromatic heterocycles. The van der Waals surface area contributed by atoms with Crippen LogP contribution in [0.15, 0.2) is 30.3 Å². The van der Waals surface area contributed by atoms with Gasteiger partial charge in [0.2, 0.25) is 5.91 Å². The lowest BCUT2D eigenvalue weighted by Crippen LogP contribution is -2.44. The molecule has 3 rings (SSSR count). The van der Waals surface area contributed by atoms with E-state index in [1.54, 1.807) is 0 Å². The highest BCUT2D eigenvalue weighted by Crippen LogP contribution is 2.31. The number of nitrogens with one attached hydrogen (secondary N) is 2. The van der Waals surface area contributed by atoms with Crippen molar-refractivity contribution in [1.29, 1.82) is 5.26 Å². The molecule has 1 aliphatic carbocycles. The molecule has 2 aromatic rings. The molecule has 1 saturated carbocycles. The Labute approximate surface area is 137 Å². The summed E-state index contributed by atoms with van der Waals surface area (Å²) < 4.78 is 4.34. The molecular formula is C15H13ClN4OS. The van der Waals surface area contributed by atoms with E-state index >= 15 is 0 Å². The number of anilines is 1. The maximum absolute atomic E-state index is 12.1. The first-order valence-electron chi connectivity index (χ1n) is 6.84. The second-order valence-corrected chi connectivity index (χ2v) is 6.44. The lowest BCUT2D eigenvalue weighted by molar-refractivity contribution is -0.122. The van der Waals surface area contributed by atoms with Crippen LogP contribution < -0.4 is 10.6 Å². The molecule has 2 N–H and O–H groups in total. The number of carbonyl (C=O) groups excluding carboxylic acids is 1. The molecule has 5 nitrogen and oxygen atoms in total. The number of rotatable bonds is 4. The number of hydrogen-bond donors (Lipinski definition) is 2. The van der Waals surface area contributed by atoms with Gasteiger partial charge in [0.05, 0.1) is 5.69 Å². The van der Waals surface area contributed by atoms with Gasteiger partial charge in [0, 0.05) is 28.6 Å². The summed E-state index contributed by atoms with van der Waals surface area (Å²) in [5.41, 5.74) is 1.71. The summed E-state index contributed by atoms with van der Waals surface area (Å²) in [6.07, 6.45) is 3.29. The van der Waals surface area contributed by atoms with Crippen LogP contribution in [0.1, 0.15) is 12.8 Å². The highest BCUT2D eigenvalue weighted by molar-refractivity contribution is 7.10. The van der Waals surface area contributed by atoms with Crippen molar-refractivity contribution in [1.82, 2.24) is 9.69 Å². The number of amides is 1. The molecule has 112 valence electrons. The summed E-state index contributed by atoms with van der Waals surface area (Å²) in [6.45, 7) is 0. The Bertz CT molecular complexity index is 733. The zero-order valence-corrected chi connectivity index (χ0v) is 13.1. The number of nitriles is 1. The number of carbonyl (C=O) groups is 1. The molecular weight excluding hydrogens is 320 g/mol. The number of hydrogen-bond acceptors (Lipinski definition) is 5. The molecule has 0 saturated heterocycles. The summed E-state index contributed by atoms with van der Waals surface area (Å²) in [6, 6.07) is 9.42. The fourth-order valence-electron chi connectivity index (χ4n) is 2.38. The van der Waals surface area contributed by atoms with Gasteiger partial charge < -0.3 is 10.6 Å². The van der Waals surface area contributed by atoms with E-state index in [0.29, 0.717) is 17.9 Å². The Morgan fingerprint density at radius 2 is 2.23 bits per heavy atom. The van der Waals surface area contributed by atoms with Crippen LogP contribution in [-0.2, 0) is 4.79 Å². The Balaban J connectivity index is 1.61. The van der Waals surface area contributed by atoms with Gasteiger partial charge in [0.25, 0.3) is 0 Å². The molecule has 0 spiro atoms. The van der Waals surface area contributed by atoms with E-state index < -0.39 is 0 Å². The van der Waals surface area contributed by atoms with Gasteiger partial charge >= 0.3 is 0 Å². The van der Waals surface area contributed by atoms with E-state index in [0.717, 1.165) is 16.3 Å². The van der Waals surface area contributed by atoms with Crippen molar-refractivity contribution in [3.05, 3.63) is 35.4 Å². The molecule has 0 aliphatic heterocycles. The molecule has 0 radical (unpaired) electrons. The molecule has 1 fully saturated rings. The minimum Gasteiger partial charge on any atom is -0.321 e. The third-order valence-electron chi connectivity index (χ3n) is 3.65. The Morgan fingerprint density at radius 1 is 1.41 bits per heavy atom. The average Bonchev–Trinajstić information content (AvgIpc) is 2.90. The van der Waals surface area contributed by atoms with E-state index in [2.05, 4.69) is 15.0 Å². The molecule has 1 amide bonds. The van der Waals surface area contributed by atoms with Gasteiger partial charge in [-0.3, -0.25) is 4.79 Å². The Morgan fingerprint density at radius 3 is 2.95 bits per heavy atom. The number of benzene rings is 1. The fraction of sp³-hybridized carbons (Fsp3) is 0.267. The summed E-state index contributed by atoms with van der Waals surface area (Å²) in [5, 5.41) is 15.4. The summed E-state index contributed by atoms with van der Waals surface area (Å²) in [7, 11) is 0. The maximum atomic E-state index is 12.1. The van der Waals surface area contributed by atoms with Gasteiger partial charge in [-0.1, -0.05) is 23.7 Å². The van der Waals surface area contributed by atoms with Crippen LogP contribution in [0.5, 0.6) is 0 Å². The monoisotopic (exact) mass is 332 g/mol. The zero-order chi connectivity index (χ0) is 15.5. The molecule has 0 bridgehead atoms. The van der Waals surface area contributed by atoms with Crippen molar-refractivity contribution in [3.63, 3.8) is 0 Å².